The van der Waals surface area contributed by atoms with E-state index in [4.69, 9.17) is 27.9 Å². The lowest BCUT2D eigenvalue weighted by Gasteiger charge is -2.04. The number of carbonyl (C=O) groups is 2. The van der Waals surface area contributed by atoms with Crippen molar-refractivity contribution >= 4 is 35.0 Å². The highest BCUT2D eigenvalue weighted by atomic mass is 35.5. The number of alkyl halides is 2. The van der Waals surface area contributed by atoms with Gasteiger partial charge in [0, 0.05) is 5.56 Å². The fraction of sp³-hybridized carbons (Fsp3) is 0.273. The van der Waals surface area contributed by atoms with E-state index in [1.807, 2.05) is 0 Å². The van der Waals surface area contributed by atoms with Gasteiger partial charge in [-0.25, -0.2) is 4.79 Å². The van der Waals surface area contributed by atoms with Crippen molar-refractivity contribution in [3.05, 3.63) is 35.4 Å². The van der Waals surface area contributed by atoms with Crippen LogP contribution in [0.1, 0.15) is 27.6 Å². The van der Waals surface area contributed by atoms with E-state index in [0.717, 1.165) is 0 Å². The van der Waals surface area contributed by atoms with Crippen molar-refractivity contribution in [1.82, 2.24) is 0 Å². The standard InChI is InChI=1S/C11H10Cl2O3/c1-2-16-11(15)8-5-3-4-7(6-8)9(14)10(12)13/h3-6,10H,2H2,1H3. The van der Waals surface area contributed by atoms with E-state index in [2.05, 4.69) is 0 Å². The summed E-state index contributed by atoms with van der Waals surface area (Å²) < 4.78 is 4.81. The van der Waals surface area contributed by atoms with Crippen molar-refractivity contribution in [1.29, 1.82) is 0 Å². The number of ketones is 1. The molecular formula is C11H10Cl2O3. The Hall–Kier alpha value is -1.06. The molecule has 3 nitrogen and oxygen atoms in total. The van der Waals surface area contributed by atoms with Crippen LogP contribution in [0.15, 0.2) is 24.3 Å². The highest BCUT2D eigenvalue weighted by molar-refractivity contribution is 6.55. The van der Waals surface area contributed by atoms with E-state index >= 15 is 0 Å². The molecule has 0 aliphatic rings. The minimum absolute atomic E-state index is 0.282. The molecule has 0 fully saturated rings. The smallest absolute Gasteiger partial charge is 0.338 e. The van der Waals surface area contributed by atoms with Crippen LogP contribution in [-0.2, 0) is 4.74 Å². The van der Waals surface area contributed by atoms with Crippen molar-refractivity contribution in [2.45, 2.75) is 11.8 Å². The monoisotopic (exact) mass is 260 g/mol. The van der Waals surface area contributed by atoms with E-state index in [0.29, 0.717) is 11.1 Å². The Morgan fingerprint density at radius 2 is 1.94 bits per heavy atom. The van der Waals surface area contributed by atoms with Crippen molar-refractivity contribution in [2.75, 3.05) is 6.61 Å². The van der Waals surface area contributed by atoms with Crippen LogP contribution in [0.2, 0.25) is 0 Å². The SMILES string of the molecule is CCOC(=O)c1cccc(C(=O)C(Cl)Cl)c1. The van der Waals surface area contributed by atoms with Crippen LogP contribution in [0, 0.1) is 0 Å². The van der Waals surface area contributed by atoms with E-state index in [1.165, 1.54) is 6.07 Å². The topological polar surface area (TPSA) is 43.4 Å². The van der Waals surface area contributed by atoms with Gasteiger partial charge < -0.3 is 4.74 Å². The molecule has 0 unspecified atom stereocenters. The van der Waals surface area contributed by atoms with Crippen LogP contribution in [0.4, 0.5) is 0 Å². The number of rotatable bonds is 4. The number of esters is 1. The molecule has 86 valence electrons. The molecule has 0 aliphatic carbocycles. The number of carbonyl (C=O) groups excluding carboxylic acids is 2. The molecule has 0 radical (unpaired) electrons. The third-order valence-electron chi connectivity index (χ3n) is 1.86. The number of ether oxygens (including phenoxy) is 1. The second-order valence-electron chi connectivity index (χ2n) is 2.97. The van der Waals surface area contributed by atoms with Crippen LogP contribution in [0.25, 0.3) is 0 Å². The van der Waals surface area contributed by atoms with Gasteiger partial charge in [0.1, 0.15) is 0 Å². The Morgan fingerprint density at radius 3 is 2.50 bits per heavy atom. The molecule has 16 heavy (non-hydrogen) atoms. The predicted molar refractivity (Wildman–Crippen MR) is 62.2 cm³/mol. The van der Waals surface area contributed by atoms with Gasteiger partial charge >= 0.3 is 5.97 Å². The Bertz CT molecular complexity index is 402. The molecule has 0 N–H and O–H groups in total. The van der Waals surface area contributed by atoms with Gasteiger partial charge in [0.05, 0.1) is 12.2 Å². The maximum Gasteiger partial charge on any atom is 0.338 e. The molecule has 1 aromatic rings. The van der Waals surface area contributed by atoms with Crippen LogP contribution in [-0.4, -0.2) is 23.2 Å². The third kappa shape index (κ3) is 3.22. The first-order chi connectivity index (χ1) is 7.56. The Balaban J connectivity index is 2.95. The van der Waals surface area contributed by atoms with E-state index in [9.17, 15) is 9.59 Å². The molecular weight excluding hydrogens is 251 g/mol. The van der Waals surface area contributed by atoms with E-state index in [-0.39, 0.29) is 6.61 Å². The minimum atomic E-state index is -1.13. The highest BCUT2D eigenvalue weighted by Crippen LogP contribution is 2.14. The van der Waals surface area contributed by atoms with Crippen LogP contribution < -0.4 is 0 Å². The molecule has 0 aromatic heterocycles. The summed E-state index contributed by atoms with van der Waals surface area (Å²) in [5.41, 5.74) is 0.599. The van der Waals surface area contributed by atoms with Gasteiger partial charge in [0.2, 0.25) is 0 Å². The molecule has 0 spiro atoms. The highest BCUT2D eigenvalue weighted by Gasteiger charge is 2.16. The zero-order valence-electron chi connectivity index (χ0n) is 8.57. The van der Waals surface area contributed by atoms with Crippen LogP contribution in [0.3, 0.4) is 0 Å². The zero-order chi connectivity index (χ0) is 12.1. The number of benzene rings is 1. The maximum absolute atomic E-state index is 11.5. The molecule has 0 amide bonds. The quantitative estimate of drug-likeness (QED) is 0.475. The fourth-order valence-corrected chi connectivity index (χ4v) is 1.39. The summed E-state index contributed by atoms with van der Waals surface area (Å²) in [5, 5.41) is 0. The van der Waals surface area contributed by atoms with E-state index in [1.54, 1.807) is 25.1 Å². The van der Waals surface area contributed by atoms with Gasteiger partial charge in [-0.2, -0.15) is 0 Å². The first-order valence-electron chi connectivity index (χ1n) is 4.65. The van der Waals surface area contributed by atoms with Gasteiger partial charge in [-0.3, -0.25) is 4.79 Å². The number of hydrogen-bond donors (Lipinski definition) is 0. The summed E-state index contributed by atoms with van der Waals surface area (Å²) in [6.07, 6.45) is 0. The summed E-state index contributed by atoms with van der Waals surface area (Å²) in [6, 6.07) is 6.10. The predicted octanol–water partition coefficient (Wildman–Crippen LogP) is 2.85. The lowest BCUT2D eigenvalue weighted by Crippen LogP contribution is -2.10. The number of hydrogen-bond acceptors (Lipinski definition) is 3. The summed E-state index contributed by atoms with van der Waals surface area (Å²) >= 11 is 10.9. The first-order valence-corrected chi connectivity index (χ1v) is 5.53. The van der Waals surface area contributed by atoms with Crippen LogP contribution in [0.5, 0.6) is 0 Å². The normalized spacial score (nSPS) is 10.2. The lowest BCUT2D eigenvalue weighted by molar-refractivity contribution is 0.0526. The van der Waals surface area contributed by atoms with E-state index < -0.39 is 16.6 Å². The summed E-state index contributed by atoms with van der Waals surface area (Å²) in [5.74, 6) is -0.910. The molecule has 0 saturated heterocycles. The van der Waals surface area contributed by atoms with Crippen molar-refractivity contribution in [3.63, 3.8) is 0 Å². The molecule has 5 heteroatoms. The third-order valence-corrected chi connectivity index (χ3v) is 2.25. The molecule has 0 heterocycles. The van der Waals surface area contributed by atoms with Gasteiger partial charge in [-0.15, -0.1) is 0 Å². The summed E-state index contributed by atoms with van der Waals surface area (Å²) in [7, 11) is 0. The summed E-state index contributed by atoms with van der Waals surface area (Å²) in [4.78, 5) is 21.7. The largest absolute Gasteiger partial charge is 0.462 e. The Labute approximate surface area is 103 Å². The Morgan fingerprint density at radius 1 is 1.31 bits per heavy atom. The fourth-order valence-electron chi connectivity index (χ4n) is 1.14. The Kier molecular flexibility index (Phi) is 4.77. The molecule has 0 saturated carbocycles. The minimum Gasteiger partial charge on any atom is -0.462 e. The van der Waals surface area contributed by atoms with Gasteiger partial charge in [-0.1, -0.05) is 35.3 Å². The second-order valence-corrected chi connectivity index (χ2v) is 4.06. The number of Topliss-reactive ketones (excluding diaryl/α,β-unsaturated/α-hetero) is 1. The molecule has 0 bridgehead atoms. The van der Waals surface area contributed by atoms with Crippen molar-refractivity contribution in [2.24, 2.45) is 0 Å². The average Bonchev–Trinajstić information content (AvgIpc) is 2.28. The maximum atomic E-state index is 11.5. The van der Waals surface area contributed by atoms with Crippen molar-refractivity contribution < 1.29 is 14.3 Å². The first kappa shape index (κ1) is 13.0. The average molecular weight is 261 g/mol. The molecule has 0 aliphatic heterocycles. The summed E-state index contributed by atoms with van der Waals surface area (Å²) in [6.45, 7) is 1.99. The zero-order valence-corrected chi connectivity index (χ0v) is 10.1. The molecule has 0 atom stereocenters. The van der Waals surface area contributed by atoms with Gasteiger partial charge in [0.25, 0.3) is 0 Å². The van der Waals surface area contributed by atoms with Crippen LogP contribution >= 0.6 is 23.2 Å². The van der Waals surface area contributed by atoms with Gasteiger partial charge in [0.15, 0.2) is 10.6 Å². The number of halogens is 2. The van der Waals surface area contributed by atoms with Gasteiger partial charge in [-0.05, 0) is 19.1 Å². The lowest BCUT2D eigenvalue weighted by atomic mass is 10.1. The molecule has 1 aromatic carbocycles. The molecule has 1 rings (SSSR count). The second kappa shape index (κ2) is 5.87. The van der Waals surface area contributed by atoms with Crippen molar-refractivity contribution in [3.8, 4) is 0 Å².